The molecule has 4 fully saturated rings. The number of nitrogens with one attached hydrogen (secondary N) is 1. The standard InChI is InChI=1S/C14H20N2O2/c17-12-14(10-4-5-10,11-6-7-11)15-13(18)16(12)8-9-2-1-3-9/h9-11H,1-8H2,(H,15,18). The topological polar surface area (TPSA) is 49.4 Å². The number of rotatable bonds is 4. The van der Waals surface area contributed by atoms with Crippen molar-refractivity contribution in [1.82, 2.24) is 10.2 Å². The van der Waals surface area contributed by atoms with Crippen LogP contribution in [0.15, 0.2) is 0 Å². The van der Waals surface area contributed by atoms with Crippen molar-refractivity contribution in [2.45, 2.75) is 50.5 Å². The molecule has 4 heteroatoms. The maximum Gasteiger partial charge on any atom is 0.325 e. The Morgan fingerprint density at radius 2 is 1.67 bits per heavy atom. The van der Waals surface area contributed by atoms with E-state index in [0.717, 1.165) is 25.7 Å². The summed E-state index contributed by atoms with van der Waals surface area (Å²) in [6, 6.07) is -0.120. The highest BCUT2D eigenvalue weighted by Gasteiger charge is 2.65. The highest BCUT2D eigenvalue weighted by Crippen LogP contribution is 2.54. The Morgan fingerprint density at radius 3 is 2.11 bits per heavy atom. The minimum atomic E-state index is -0.485. The van der Waals surface area contributed by atoms with Crippen LogP contribution >= 0.6 is 0 Å². The number of hydrogen-bond acceptors (Lipinski definition) is 2. The van der Waals surface area contributed by atoms with Crippen molar-refractivity contribution in [3.63, 3.8) is 0 Å². The van der Waals surface area contributed by atoms with E-state index in [1.54, 1.807) is 0 Å². The summed E-state index contributed by atoms with van der Waals surface area (Å²) in [4.78, 5) is 26.4. The van der Waals surface area contributed by atoms with E-state index < -0.39 is 5.54 Å². The van der Waals surface area contributed by atoms with Crippen molar-refractivity contribution >= 4 is 11.9 Å². The summed E-state index contributed by atoms with van der Waals surface area (Å²) in [6.45, 7) is 0.659. The van der Waals surface area contributed by atoms with Crippen molar-refractivity contribution < 1.29 is 9.59 Å². The van der Waals surface area contributed by atoms with Gasteiger partial charge in [0, 0.05) is 6.54 Å². The molecular formula is C14H20N2O2. The van der Waals surface area contributed by atoms with Crippen LogP contribution in [0.2, 0.25) is 0 Å². The predicted octanol–water partition coefficient (Wildman–Crippen LogP) is 1.90. The molecule has 4 nitrogen and oxygen atoms in total. The van der Waals surface area contributed by atoms with Gasteiger partial charge in [0.05, 0.1) is 0 Å². The second-order valence-corrected chi connectivity index (χ2v) is 6.56. The third kappa shape index (κ3) is 1.38. The Balaban J connectivity index is 1.58. The van der Waals surface area contributed by atoms with E-state index in [9.17, 15) is 9.59 Å². The lowest BCUT2D eigenvalue weighted by Crippen LogP contribution is -2.51. The van der Waals surface area contributed by atoms with Crippen LogP contribution in [-0.2, 0) is 4.79 Å². The average Bonchev–Trinajstić information content (AvgIpc) is 3.13. The van der Waals surface area contributed by atoms with E-state index in [-0.39, 0.29) is 11.9 Å². The molecule has 4 aliphatic rings. The summed E-state index contributed by atoms with van der Waals surface area (Å²) in [5.74, 6) is 1.51. The highest BCUT2D eigenvalue weighted by molar-refractivity contribution is 6.08. The van der Waals surface area contributed by atoms with Crippen LogP contribution in [0.3, 0.4) is 0 Å². The van der Waals surface area contributed by atoms with Gasteiger partial charge in [-0.25, -0.2) is 4.79 Å². The Morgan fingerprint density at radius 1 is 1.06 bits per heavy atom. The molecule has 0 spiro atoms. The van der Waals surface area contributed by atoms with Crippen LogP contribution in [0, 0.1) is 17.8 Å². The van der Waals surface area contributed by atoms with Gasteiger partial charge in [0.2, 0.25) is 0 Å². The molecule has 0 atom stereocenters. The molecule has 0 aromatic carbocycles. The largest absolute Gasteiger partial charge is 0.325 e. The maximum atomic E-state index is 12.7. The second-order valence-electron chi connectivity index (χ2n) is 6.56. The molecule has 3 amide bonds. The number of carbonyl (C=O) groups excluding carboxylic acids is 2. The molecule has 1 heterocycles. The summed E-state index contributed by atoms with van der Waals surface area (Å²) in [6.07, 6.45) is 8.05. The van der Waals surface area contributed by atoms with E-state index >= 15 is 0 Å². The molecule has 0 radical (unpaired) electrons. The zero-order valence-electron chi connectivity index (χ0n) is 10.7. The average molecular weight is 248 g/mol. The Bertz CT molecular complexity index is 396. The number of nitrogens with zero attached hydrogens (tertiary/aromatic N) is 1. The number of urea groups is 1. The number of imide groups is 1. The summed E-state index contributed by atoms with van der Waals surface area (Å²) in [5, 5.41) is 3.08. The van der Waals surface area contributed by atoms with Gasteiger partial charge in [0.25, 0.3) is 5.91 Å². The summed E-state index contributed by atoms with van der Waals surface area (Å²) >= 11 is 0. The van der Waals surface area contributed by atoms with Gasteiger partial charge in [0.1, 0.15) is 5.54 Å². The normalized spacial score (nSPS) is 31.4. The first-order chi connectivity index (χ1) is 8.72. The number of amides is 3. The van der Waals surface area contributed by atoms with Crippen LogP contribution in [0.4, 0.5) is 4.79 Å². The summed E-state index contributed by atoms with van der Waals surface area (Å²) in [7, 11) is 0. The van der Waals surface area contributed by atoms with Crippen molar-refractivity contribution in [2.75, 3.05) is 6.54 Å². The van der Waals surface area contributed by atoms with Crippen molar-refractivity contribution in [3.8, 4) is 0 Å². The maximum absolute atomic E-state index is 12.7. The first-order valence-corrected chi connectivity index (χ1v) is 7.36. The van der Waals surface area contributed by atoms with Crippen LogP contribution < -0.4 is 5.32 Å². The van der Waals surface area contributed by atoms with Crippen LogP contribution in [-0.4, -0.2) is 28.9 Å². The molecule has 98 valence electrons. The minimum absolute atomic E-state index is 0.101. The molecule has 0 aromatic heterocycles. The molecule has 1 N–H and O–H groups in total. The van der Waals surface area contributed by atoms with E-state index in [2.05, 4.69) is 5.32 Å². The fourth-order valence-corrected chi connectivity index (χ4v) is 3.68. The molecule has 1 saturated heterocycles. The zero-order valence-corrected chi connectivity index (χ0v) is 10.7. The molecule has 1 aliphatic heterocycles. The monoisotopic (exact) mass is 248 g/mol. The van der Waals surface area contributed by atoms with Gasteiger partial charge in [-0.1, -0.05) is 6.42 Å². The second kappa shape index (κ2) is 3.49. The molecule has 0 aromatic rings. The molecule has 4 rings (SSSR count). The molecule has 0 bridgehead atoms. The predicted molar refractivity (Wildman–Crippen MR) is 65.8 cm³/mol. The van der Waals surface area contributed by atoms with Gasteiger partial charge < -0.3 is 5.32 Å². The van der Waals surface area contributed by atoms with Gasteiger partial charge in [-0.3, -0.25) is 9.69 Å². The smallest absolute Gasteiger partial charge is 0.323 e. The van der Waals surface area contributed by atoms with E-state index in [1.807, 2.05) is 0 Å². The minimum Gasteiger partial charge on any atom is -0.323 e. The SMILES string of the molecule is O=C1NC(C2CC2)(C2CC2)C(=O)N1CC1CCC1. The van der Waals surface area contributed by atoms with E-state index in [4.69, 9.17) is 0 Å². The van der Waals surface area contributed by atoms with Crippen LogP contribution in [0.1, 0.15) is 44.9 Å². The van der Waals surface area contributed by atoms with E-state index in [1.165, 1.54) is 24.2 Å². The molecular weight excluding hydrogens is 228 g/mol. The quantitative estimate of drug-likeness (QED) is 0.772. The van der Waals surface area contributed by atoms with Crippen LogP contribution in [0.25, 0.3) is 0 Å². The van der Waals surface area contributed by atoms with Crippen LogP contribution in [0.5, 0.6) is 0 Å². The Kier molecular flexibility index (Phi) is 2.10. The third-order valence-electron chi connectivity index (χ3n) is 5.27. The zero-order chi connectivity index (χ0) is 12.3. The van der Waals surface area contributed by atoms with Crippen molar-refractivity contribution in [1.29, 1.82) is 0 Å². The van der Waals surface area contributed by atoms with Crippen molar-refractivity contribution in [3.05, 3.63) is 0 Å². The lowest BCUT2D eigenvalue weighted by molar-refractivity contribution is -0.133. The third-order valence-corrected chi connectivity index (χ3v) is 5.27. The van der Waals surface area contributed by atoms with Gasteiger partial charge in [0.15, 0.2) is 0 Å². The van der Waals surface area contributed by atoms with Gasteiger partial charge >= 0.3 is 6.03 Å². The van der Waals surface area contributed by atoms with Gasteiger partial charge in [-0.05, 0) is 56.3 Å². The fourth-order valence-electron chi connectivity index (χ4n) is 3.68. The lowest BCUT2D eigenvalue weighted by atomic mass is 9.84. The van der Waals surface area contributed by atoms with Gasteiger partial charge in [-0.2, -0.15) is 0 Å². The Labute approximate surface area is 107 Å². The van der Waals surface area contributed by atoms with Crippen molar-refractivity contribution in [2.24, 2.45) is 17.8 Å². The molecule has 3 aliphatic carbocycles. The Hall–Kier alpha value is -1.06. The first kappa shape index (κ1) is 10.8. The lowest BCUT2D eigenvalue weighted by Gasteiger charge is -2.30. The molecule has 18 heavy (non-hydrogen) atoms. The molecule has 3 saturated carbocycles. The fraction of sp³-hybridized carbons (Fsp3) is 0.857. The molecule has 0 unspecified atom stereocenters. The summed E-state index contributed by atoms with van der Waals surface area (Å²) < 4.78 is 0. The van der Waals surface area contributed by atoms with Gasteiger partial charge in [-0.15, -0.1) is 0 Å². The first-order valence-electron chi connectivity index (χ1n) is 7.36. The number of hydrogen-bond donors (Lipinski definition) is 1. The van der Waals surface area contributed by atoms with E-state index in [0.29, 0.717) is 24.3 Å². The summed E-state index contributed by atoms with van der Waals surface area (Å²) in [5.41, 5.74) is -0.485. The number of carbonyl (C=O) groups is 2. The highest BCUT2D eigenvalue weighted by atomic mass is 16.2.